The molecule has 0 spiro atoms. The molecule has 0 aliphatic carbocycles. The van der Waals surface area contributed by atoms with Crippen molar-refractivity contribution >= 4 is 23.6 Å². The standard InChI is InChI=1S/C22H31ClFN3O5/c1-21(2,3)32-20(29)27-14-22(30,13-26-7-9-31-10-8-26)11-17(27)19(28)25-12-15-5-4-6-16(23)18(15)24/h4-6,17,30H,7-14H2,1-3H3,(H,25,28)/t17-,22+/m0/s1. The molecule has 2 heterocycles. The molecule has 0 aromatic heterocycles. The average molecular weight is 472 g/mol. The van der Waals surface area contributed by atoms with Crippen molar-refractivity contribution in [1.82, 2.24) is 15.1 Å². The molecule has 0 radical (unpaired) electrons. The fraction of sp³-hybridized carbons (Fsp3) is 0.636. The summed E-state index contributed by atoms with van der Waals surface area (Å²) in [4.78, 5) is 29.2. The third-order valence-electron chi connectivity index (χ3n) is 5.45. The molecule has 2 N–H and O–H groups in total. The molecule has 1 aromatic rings. The second-order valence-corrected chi connectivity index (χ2v) is 9.78. The Labute approximate surface area is 192 Å². The zero-order chi connectivity index (χ0) is 23.5. The van der Waals surface area contributed by atoms with Gasteiger partial charge in [-0.15, -0.1) is 0 Å². The van der Waals surface area contributed by atoms with Crippen molar-refractivity contribution in [2.24, 2.45) is 0 Å². The van der Waals surface area contributed by atoms with Crippen molar-refractivity contribution < 1.29 is 28.6 Å². The quantitative estimate of drug-likeness (QED) is 0.684. The molecule has 10 heteroatoms. The Morgan fingerprint density at radius 3 is 2.69 bits per heavy atom. The van der Waals surface area contributed by atoms with Crippen molar-refractivity contribution in [2.75, 3.05) is 39.4 Å². The van der Waals surface area contributed by atoms with E-state index in [2.05, 4.69) is 10.2 Å². The summed E-state index contributed by atoms with van der Waals surface area (Å²) in [6.07, 6.45) is -0.627. The minimum Gasteiger partial charge on any atom is -0.444 e. The van der Waals surface area contributed by atoms with Gasteiger partial charge in [-0.3, -0.25) is 14.6 Å². The summed E-state index contributed by atoms with van der Waals surface area (Å²) in [5.41, 5.74) is -1.80. The van der Waals surface area contributed by atoms with E-state index in [1.54, 1.807) is 26.8 Å². The van der Waals surface area contributed by atoms with Crippen LogP contribution < -0.4 is 5.32 Å². The predicted octanol–water partition coefficient (Wildman–Crippen LogP) is 2.17. The van der Waals surface area contributed by atoms with Crippen LogP contribution in [-0.2, 0) is 20.8 Å². The molecule has 2 fully saturated rings. The zero-order valence-corrected chi connectivity index (χ0v) is 19.5. The van der Waals surface area contributed by atoms with Crippen molar-refractivity contribution in [3.63, 3.8) is 0 Å². The molecule has 0 unspecified atom stereocenters. The van der Waals surface area contributed by atoms with Crippen molar-refractivity contribution in [1.29, 1.82) is 0 Å². The van der Waals surface area contributed by atoms with Gasteiger partial charge in [0.2, 0.25) is 5.91 Å². The van der Waals surface area contributed by atoms with E-state index in [-0.39, 0.29) is 30.1 Å². The Morgan fingerprint density at radius 1 is 1.34 bits per heavy atom. The van der Waals surface area contributed by atoms with Crippen LogP contribution in [0.2, 0.25) is 5.02 Å². The maximum absolute atomic E-state index is 14.2. The second-order valence-electron chi connectivity index (χ2n) is 9.37. The fourth-order valence-electron chi connectivity index (χ4n) is 3.98. The summed E-state index contributed by atoms with van der Waals surface area (Å²) < 4.78 is 25.0. The molecule has 1 aromatic carbocycles. The first-order chi connectivity index (χ1) is 15.0. The molecule has 32 heavy (non-hydrogen) atoms. The van der Waals surface area contributed by atoms with E-state index in [4.69, 9.17) is 21.1 Å². The van der Waals surface area contributed by atoms with Crippen LogP contribution in [0.25, 0.3) is 0 Å². The number of likely N-dealkylation sites (tertiary alicyclic amines) is 1. The molecular weight excluding hydrogens is 441 g/mol. The van der Waals surface area contributed by atoms with E-state index in [1.807, 2.05) is 0 Å². The number of carbonyl (C=O) groups excluding carboxylic acids is 2. The van der Waals surface area contributed by atoms with Gasteiger partial charge in [0, 0.05) is 38.2 Å². The van der Waals surface area contributed by atoms with Gasteiger partial charge in [0.1, 0.15) is 17.5 Å². The number of carbonyl (C=O) groups is 2. The summed E-state index contributed by atoms with van der Waals surface area (Å²) in [5, 5.41) is 13.9. The molecule has 0 saturated carbocycles. The number of rotatable bonds is 5. The number of morpholine rings is 1. The number of nitrogens with zero attached hydrogens (tertiary/aromatic N) is 2. The van der Waals surface area contributed by atoms with Crippen LogP contribution in [0.1, 0.15) is 32.8 Å². The highest BCUT2D eigenvalue weighted by Gasteiger charge is 2.49. The second kappa shape index (κ2) is 9.91. The Bertz CT molecular complexity index is 843. The highest BCUT2D eigenvalue weighted by atomic mass is 35.5. The molecule has 2 saturated heterocycles. The molecule has 2 amide bonds. The summed E-state index contributed by atoms with van der Waals surface area (Å²) in [7, 11) is 0. The van der Waals surface area contributed by atoms with Crippen LogP contribution in [0.4, 0.5) is 9.18 Å². The fourth-order valence-corrected chi connectivity index (χ4v) is 4.18. The Morgan fingerprint density at radius 2 is 2.03 bits per heavy atom. The smallest absolute Gasteiger partial charge is 0.411 e. The molecule has 2 aliphatic heterocycles. The summed E-state index contributed by atoms with van der Waals surface area (Å²) in [6.45, 7) is 7.85. The third kappa shape index (κ3) is 6.31. The summed E-state index contributed by atoms with van der Waals surface area (Å²) in [5.74, 6) is -1.10. The van der Waals surface area contributed by atoms with Crippen molar-refractivity contribution in [2.45, 2.75) is 51.0 Å². The molecule has 0 bridgehead atoms. The zero-order valence-electron chi connectivity index (χ0n) is 18.7. The van der Waals surface area contributed by atoms with E-state index in [1.165, 1.54) is 17.0 Å². The normalized spacial score (nSPS) is 24.4. The Kier molecular flexibility index (Phi) is 7.65. The van der Waals surface area contributed by atoms with Crippen LogP contribution in [0.5, 0.6) is 0 Å². The van der Waals surface area contributed by atoms with E-state index in [9.17, 15) is 19.1 Å². The number of halogens is 2. The molecule has 2 atom stereocenters. The van der Waals surface area contributed by atoms with Gasteiger partial charge in [-0.05, 0) is 26.8 Å². The lowest BCUT2D eigenvalue weighted by molar-refractivity contribution is -0.125. The van der Waals surface area contributed by atoms with Crippen LogP contribution in [0, 0.1) is 5.82 Å². The lowest BCUT2D eigenvalue weighted by Crippen LogP contribution is -2.49. The minimum atomic E-state index is -1.28. The van der Waals surface area contributed by atoms with Gasteiger partial charge in [0.25, 0.3) is 0 Å². The van der Waals surface area contributed by atoms with Gasteiger partial charge in [0.05, 0.1) is 30.4 Å². The van der Waals surface area contributed by atoms with Crippen molar-refractivity contribution in [3.05, 3.63) is 34.6 Å². The van der Waals surface area contributed by atoms with E-state index in [0.29, 0.717) is 32.8 Å². The van der Waals surface area contributed by atoms with E-state index < -0.39 is 35.1 Å². The highest BCUT2D eigenvalue weighted by Crippen LogP contribution is 2.30. The lowest BCUT2D eigenvalue weighted by Gasteiger charge is -2.33. The highest BCUT2D eigenvalue weighted by molar-refractivity contribution is 6.30. The van der Waals surface area contributed by atoms with Gasteiger partial charge in [-0.2, -0.15) is 0 Å². The van der Waals surface area contributed by atoms with Crippen LogP contribution in [0.3, 0.4) is 0 Å². The van der Waals surface area contributed by atoms with Gasteiger partial charge in [0.15, 0.2) is 0 Å². The van der Waals surface area contributed by atoms with Gasteiger partial charge in [-0.1, -0.05) is 23.7 Å². The van der Waals surface area contributed by atoms with Gasteiger partial charge >= 0.3 is 6.09 Å². The Balaban J connectivity index is 1.73. The summed E-state index contributed by atoms with van der Waals surface area (Å²) >= 11 is 5.81. The number of hydrogen-bond donors (Lipinski definition) is 2. The minimum absolute atomic E-state index is 0.0344. The SMILES string of the molecule is CC(C)(C)OC(=O)N1C[C@](O)(CN2CCOCC2)C[C@H]1C(=O)NCc1cccc(Cl)c1F. The first-order valence-electron chi connectivity index (χ1n) is 10.7. The third-order valence-corrected chi connectivity index (χ3v) is 5.74. The molecule has 3 rings (SSSR count). The average Bonchev–Trinajstić information content (AvgIpc) is 3.06. The maximum Gasteiger partial charge on any atom is 0.411 e. The first-order valence-corrected chi connectivity index (χ1v) is 11.1. The number of aliphatic hydroxyl groups is 1. The number of hydrogen-bond acceptors (Lipinski definition) is 6. The maximum atomic E-state index is 14.2. The van der Waals surface area contributed by atoms with Crippen LogP contribution in [-0.4, -0.2) is 83.5 Å². The van der Waals surface area contributed by atoms with E-state index >= 15 is 0 Å². The Hall–Kier alpha value is -1.94. The number of benzene rings is 1. The van der Waals surface area contributed by atoms with Gasteiger partial charge < -0.3 is 19.9 Å². The number of β-amino-alcohol motifs (C(OH)–C–C–N with tert-alkyl or cyclic N) is 1. The topological polar surface area (TPSA) is 91.3 Å². The van der Waals surface area contributed by atoms with Crippen molar-refractivity contribution in [3.8, 4) is 0 Å². The molecule has 8 nitrogen and oxygen atoms in total. The largest absolute Gasteiger partial charge is 0.444 e. The molecule has 2 aliphatic rings. The lowest BCUT2D eigenvalue weighted by atomic mass is 9.99. The van der Waals surface area contributed by atoms with E-state index in [0.717, 1.165) is 0 Å². The first kappa shape index (κ1) is 24.7. The van der Waals surface area contributed by atoms with Crippen LogP contribution in [0.15, 0.2) is 18.2 Å². The molecular formula is C22H31ClFN3O5. The summed E-state index contributed by atoms with van der Waals surface area (Å²) in [6, 6.07) is 3.60. The number of nitrogens with one attached hydrogen (secondary N) is 1. The number of ether oxygens (including phenoxy) is 2. The van der Waals surface area contributed by atoms with Crippen LogP contribution >= 0.6 is 11.6 Å². The molecule has 178 valence electrons. The monoisotopic (exact) mass is 471 g/mol. The van der Waals surface area contributed by atoms with Gasteiger partial charge in [-0.25, -0.2) is 9.18 Å². The number of amides is 2. The predicted molar refractivity (Wildman–Crippen MR) is 117 cm³/mol.